The van der Waals surface area contributed by atoms with Crippen molar-refractivity contribution in [1.82, 2.24) is 14.4 Å². The molecule has 0 spiro atoms. The molecule has 1 fully saturated rings. The molecule has 3 aromatic rings. The third-order valence-corrected chi connectivity index (χ3v) is 4.40. The first-order chi connectivity index (χ1) is 11.9. The van der Waals surface area contributed by atoms with E-state index >= 15 is 0 Å². The summed E-state index contributed by atoms with van der Waals surface area (Å²) >= 11 is 0. The van der Waals surface area contributed by atoms with Crippen LogP contribution in [-0.2, 0) is 6.18 Å². The first kappa shape index (κ1) is 15.9. The first-order valence-electron chi connectivity index (χ1n) is 7.94. The van der Waals surface area contributed by atoms with Crippen LogP contribution in [0.4, 0.5) is 19.0 Å². The van der Waals surface area contributed by atoms with Gasteiger partial charge >= 0.3 is 6.18 Å². The molecule has 0 radical (unpaired) electrons. The monoisotopic (exact) mass is 347 g/mol. The van der Waals surface area contributed by atoms with Crippen LogP contribution in [0.5, 0.6) is 0 Å². The van der Waals surface area contributed by atoms with E-state index in [1.165, 1.54) is 12.1 Å². The van der Waals surface area contributed by atoms with Gasteiger partial charge in [-0.1, -0.05) is 12.1 Å². The number of alkyl halides is 3. The summed E-state index contributed by atoms with van der Waals surface area (Å²) in [6.07, 6.45) is 1.84. The normalized spacial score (nSPS) is 18.2. The highest BCUT2D eigenvalue weighted by atomic mass is 19.4. The largest absolute Gasteiger partial charge is 0.416 e. The van der Waals surface area contributed by atoms with Gasteiger partial charge in [-0.2, -0.15) is 13.2 Å². The molecule has 1 unspecified atom stereocenters. The zero-order valence-electron chi connectivity index (χ0n) is 13.2. The number of benzene rings is 1. The lowest BCUT2D eigenvalue weighted by atomic mass is 10.1. The molecule has 1 atom stereocenters. The fourth-order valence-corrected chi connectivity index (χ4v) is 3.08. The van der Waals surface area contributed by atoms with E-state index in [0.29, 0.717) is 23.4 Å². The minimum Gasteiger partial charge on any atom is -0.354 e. The molecular weight excluding hydrogens is 331 g/mol. The number of fused-ring (bicyclic) bond motifs is 1. The molecular formula is C17H16F3N5. The second-order valence-electron chi connectivity index (χ2n) is 6.18. The summed E-state index contributed by atoms with van der Waals surface area (Å²) in [5, 5.41) is 0. The molecule has 3 heterocycles. The molecule has 1 aromatic carbocycles. The first-order valence-corrected chi connectivity index (χ1v) is 7.94. The number of hydrogen-bond acceptors (Lipinski definition) is 4. The van der Waals surface area contributed by atoms with E-state index in [1.54, 1.807) is 12.4 Å². The van der Waals surface area contributed by atoms with Gasteiger partial charge in [-0.3, -0.25) is 0 Å². The molecule has 5 nitrogen and oxygen atoms in total. The Hall–Kier alpha value is -2.61. The Labute approximate surface area is 141 Å². The number of aromatic nitrogens is 3. The third-order valence-electron chi connectivity index (χ3n) is 4.40. The molecule has 1 saturated heterocycles. The quantitative estimate of drug-likeness (QED) is 0.774. The molecule has 1 aliphatic heterocycles. The maximum absolute atomic E-state index is 12.8. The van der Waals surface area contributed by atoms with Crippen LogP contribution in [-0.4, -0.2) is 33.5 Å². The van der Waals surface area contributed by atoms with E-state index in [2.05, 4.69) is 14.9 Å². The number of imidazole rings is 1. The van der Waals surface area contributed by atoms with Gasteiger partial charge in [-0.25, -0.2) is 9.97 Å². The Morgan fingerprint density at radius 1 is 1.16 bits per heavy atom. The Bertz CT molecular complexity index is 901. The van der Waals surface area contributed by atoms with Gasteiger partial charge in [0.05, 0.1) is 11.8 Å². The predicted molar refractivity (Wildman–Crippen MR) is 88.2 cm³/mol. The highest BCUT2D eigenvalue weighted by molar-refractivity contribution is 5.75. The van der Waals surface area contributed by atoms with Crippen LogP contribution < -0.4 is 10.6 Å². The van der Waals surface area contributed by atoms with Gasteiger partial charge in [0.25, 0.3) is 0 Å². The van der Waals surface area contributed by atoms with E-state index < -0.39 is 11.7 Å². The van der Waals surface area contributed by atoms with Crippen LogP contribution >= 0.6 is 0 Å². The van der Waals surface area contributed by atoms with Crippen LogP contribution in [0.2, 0.25) is 0 Å². The molecule has 8 heteroatoms. The lowest BCUT2D eigenvalue weighted by Crippen LogP contribution is -2.27. The van der Waals surface area contributed by atoms with E-state index in [0.717, 1.165) is 30.9 Å². The summed E-state index contributed by atoms with van der Waals surface area (Å²) in [5.41, 5.74) is 7.03. The van der Waals surface area contributed by atoms with Gasteiger partial charge in [0, 0.05) is 37.1 Å². The van der Waals surface area contributed by atoms with Crippen molar-refractivity contribution in [3.05, 3.63) is 48.4 Å². The summed E-state index contributed by atoms with van der Waals surface area (Å²) in [6, 6.07) is 5.09. The van der Waals surface area contributed by atoms with E-state index in [9.17, 15) is 13.2 Å². The summed E-state index contributed by atoms with van der Waals surface area (Å²) in [6.45, 7) is 1.51. The van der Waals surface area contributed by atoms with Crippen molar-refractivity contribution in [2.24, 2.45) is 5.73 Å². The van der Waals surface area contributed by atoms with Gasteiger partial charge in [-0.15, -0.1) is 0 Å². The molecule has 25 heavy (non-hydrogen) atoms. The smallest absolute Gasteiger partial charge is 0.354 e. The van der Waals surface area contributed by atoms with E-state index in [-0.39, 0.29) is 6.04 Å². The second kappa shape index (κ2) is 5.73. The average Bonchev–Trinajstić information content (AvgIpc) is 3.21. The highest BCUT2D eigenvalue weighted by Gasteiger charge is 2.30. The van der Waals surface area contributed by atoms with Crippen molar-refractivity contribution in [2.75, 3.05) is 18.0 Å². The maximum Gasteiger partial charge on any atom is 0.416 e. The molecule has 2 N–H and O–H groups in total. The van der Waals surface area contributed by atoms with Gasteiger partial charge in [0.15, 0.2) is 5.65 Å². The lowest BCUT2D eigenvalue weighted by Gasteiger charge is -2.18. The second-order valence-corrected chi connectivity index (χ2v) is 6.18. The Kier molecular flexibility index (Phi) is 3.64. The Balaban J connectivity index is 1.79. The van der Waals surface area contributed by atoms with Gasteiger partial charge < -0.3 is 15.0 Å². The van der Waals surface area contributed by atoms with Crippen molar-refractivity contribution in [3.8, 4) is 11.3 Å². The van der Waals surface area contributed by atoms with Crippen LogP contribution in [0.15, 0.2) is 42.9 Å². The minimum absolute atomic E-state index is 0.106. The number of rotatable bonds is 2. The zero-order valence-corrected chi connectivity index (χ0v) is 13.2. The van der Waals surface area contributed by atoms with Gasteiger partial charge in [0.1, 0.15) is 11.5 Å². The number of halogens is 3. The fourth-order valence-electron chi connectivity index (χ4n) is 3.08. The van der Waals surface area contributed by atoms with Crippen molar-refractivity contribution >= 4 is 11.5 Å². The Morgan fingerprint density at radius 3 is 2.56 bits per heavy atom. The molecule has 0 aliphatic carbocycles. The molecule has 0 saturated carbocycles. The molecule has 1 aliphatic rings. The van der Waals surface area contributed by atoms with E-state index in [1.807, 2.05) is 10.6 Å². The predicted octanol–water partition coefficient (Wildman–Crippen LogP) is 2.95. The molecule has 2 aromatic heterocycles. The minimum atomic E-state index is -4.36. The van der Waals surface area contributed by atoms with E-state index in [4.69, 9.17) is 5.73 Å². The summed E-state index contributed by atoms with van der Waals surface area (Å²) < 4.78 is 40.2. The van der Waals surface area contributed by atoms with Gasteiger partial charge in [0.2, 0.25) is 0 Å². The standard InChI is InChI=1S/C17H16F3N5/c18-17(19,20)12-3-1-11(2-4-12)15-16-22-6-8-25(16)10-14(23-15)24-7-5-13(21)9-24/h1-4,6,8,10,13H,5,7,9,21H2. The molecule has 0 amide bonds. The van der Waals surface area contributed by atoms with Crippen LogP contribution in [0.1, 0.15) is 12.0 Å². The highest BCUT2D eigenvalue weighted by Crippen LogP contribution is 2.32. The van der Waals surface area contributed by atoms with Crippen molar-refractivity contribution < 1.29 is 13.2 Å². The van der Waals surface area contributed by atoms with Crippen LogP contribution in [0, 0.1) is 0 Å². The summed E-state index contributed by atoms with van der Waals surface area (Å²) in [5.74, 6) is 0.744. The van der Waals surface area contributed by atoms with Crippen molar-refractivity contribution in [1.29, 1.82) is 0 Å². The zero-order chi connectivity index (χ0) is 17.6. The van der Waals surface area contributed by atoms with Gasteiger partial charge in [-0.05, 0) is 18.6 Å². The molecule has 0 bridgehead atoms. The van der Waals surface area contributed by atoms with Crippen molar-refractivity contribution in [3.63, 3.8) is 0 Å². The van der Waals surface area contributed by atoms with Crippen LogP contribution in [0.25, 0.3) is 16.9 Å². The number of nitrogens with two attached hydrogens (primary N) is 1. The third kappa shape index (κ3) is 2.93. The number of anilines is 1. The molecule has 130 valence electrons. The SMILES string of the molecule is NC1CCN(c2cn3ccnc3c(-c3ccc(C(F)(F)F)cc3)n2)C1. The molecule has 4 rings (SSSR count). The fraction of sp³-hybridized carbons (Fsp3) is 0.294. The summed E-state index contributed by atoms with van der Waals surface area (Å²) in [7, 11) is 0. The number of hydrogen-bond donors (Lipinski definition) is 1. The lowest BCUT2D eigenvalue weighted by molar-refractivity contribution is -0.137. The summed E-state index contributed by atoms with van der Waals surface area (Å²) in [4.78, 5) is 11.0. The van der Waals surface area contributed by atoms with Crippen LogP contribution in [0.3, 0.4) is 0 Å². The Morgan fingerprint density at radius 2 is 1.92 bits per heavy atom. The maximum atomic E-state index is 12.8. The number of nitrogens with zero attached hydrogens (tertiary/aromatic N) is 4. The average molecular weight is 347 g/mol. The topological polar surface area (TPSA) is 59.5 Å². The van der Waals surface area contributed by atoms with Crippen molar-refractivity contribution in [2.45, 2.75) is 18.6 Å².